The molecule has 0 saturated heterocycles. The van der Waals surface area contributed by atoms with Gasteiger partial charge in [0, 0.05) is 17.5 Å². The second kappa shape index (κ2) is 4.40. The second-order valence-corrected chi connectivity index (χ2v) is 3.74. The van der Waals surface area contributed by atoms with E-state index in [2.05, 4.69) is 15.6 Å². The summed E-state index contributed by atoms with van der Waals surface area (Å²) in [5.74, 6) is -1.07. The maximum absolute atomic E-state index is 13.5. The third-order valence-electron chi connectivity index (χ3n) is 2.41. The zero-order chi connectivity index (χ0) is 12.4. The molecule has 0 spiro atoms. The third kappa shape index (κ3) is 2.35. The molecule has 5 nitrogen and oxygen atoms in total. The third-order valence-corrected chi connectivity index (χ3v) is 2.41. The van der Waals surface area contributed by atoms with Gasteiger partial charge in [-0.05, 0) is 19.1 Å². The summed E-state index contributed by atoms with van der Waals surface area (Å²) in [5.41, 5.74) is 0.808. The molecule has 90 valence electrons. The van der Waals surface area contributed by atoms with E-state index < -0.39 is 12.3 Å². The number of hydrogen-bond acceptors (Lipinski definition) is 4. The van der Waals surface area contributed by atoms with Crippen molar-refractivity contribution in [3.05, 3.63) is 35.2 Å². The molecule has 0 saturated carbocycles. The summed E-state index contributed by atoms with van der Waals surface area (Å²) in [6.45, 7) is 1.75. The van der Waals surface area contributed by atoms with E-state index in [9.17, 15) is 9.18 Å². The first-order chi connectivity index (χ1) is 8.08. The number of alkyl halides is 1. The van der Waals surface area contributed by atoms with Gasteiger partial charge in [-0.2, -0.15) is 0 Å². The number of carboxylic acids is 1. The van der Waals surface area contributed by atoms with Gasteiger partial charge in [-0.1, -0.05) is 6.08 Å². The Kier molecular flexibility index (Phi) is 2.95. The Morgan fingerprint density at radius 3 is 2.94 bits per heavy atom. The molecule has 6 heteroatoms. The Morgan fingerprint density at radius 1 is 1.53 bits per heavy atom. The minimum absolute atomic E-state index is 0.0360. The smallest absolute Gasteiger partial charge is 0.352 e. The van der Waals surface area contributed by atoms with Gasteiger partial charge in [0.15, 0.2) is 0 Å². The number of carbonyl (C=O) groups is 1. The first-order valence-corrected chi connectivity index (χ1v) is 5.14. The van der Waals surface area contributed by atoms with Crippen LogP contribution in [0.3, 0.4) is 0 Å². The lowest BCUT2D eigenvalue weighted by Crippen LogP contribution is -2.44. The van der Waals surface area contributed by atoms with Crippen molar-refractivity contribution in [3.8, 4) is 0 Å². The summed E-state index contributed by atoms with van der Waals surface area (Å²) in [4.78, 5) is 14.5. The SMILES string of the molecule is CC1NC(C(=O)O)=CC(=C2C=CC=NC2F)N1. The molecule has 0 aromatic heterocycles. The van der Waals surface area contributed by atoms with Crippen molar-refractivity contribution in [2.24, 2.45) is 4.99 Å². The monoisotopic (exact) mass is 237 g/mol. The standard InChI is InChI=1S/C11H12FN3O2/c1-6-14-8(5-9(15-6)11(16)17)7-3-2-4-13-10(7)12/h2-6,10,14-15H,1H3,(H,16,17). The van der Waals surface area contributed by atoms with E-state index in [1.54, 1.807) is 19.1 Å². The number of nitrogens with zero attached hydrogens (tertiary/aromatic N) is 1. The molecule has 0 aromatic rings. The number of allylic oxidation sites excluding steroid dienone is 2. The number of hydrogen-bond donors (Lipinski definition) is 3. The normalized spacial score (nSPS) is 31.5. The molecule has 2 atom stereocenters. The van der Waals surface area contributed by atoms with Crippen LogP contribution in [-0.4, -0.2) is 29.8 Å². The number of aliphatic imine (C=N–C) groups is 1. The summed E-state index contributed by atoms with van der Waals surface area (Å²) >= 11 is 0. The fraction of sp³-hybridized carbons (Fsp3) is 0.273. The topological polar surface area (TPSA) is 73.7 Å². The second-order valence-electron chi connectivity index (χ2n) is 3.74. The molecule has 0 fully saturated rings. The van der Waals surface area contributed by atoms with Crippen LogP contribution in [-0.2, 0) is 4.79 Å². The van der Waals surface area contributed by atoms with Crippen molar-refractivity contribution in [2.75, 3.05) is 0 Å². The number of dihydropyridines is 1. The van der Waals surface area contributed by atoms with Gasteiger partial charge in [0.2, 0.25) is 6.30 Å². The summed E-state index contributed by atoms with van der Waals surface area (Å²) in [6.07, 6.45) is 4.20. The van der Waals surface area contributed by atoms with Crippen molar-refractivity contribution in [1.82, 2.24) is 10.6 Å². The fourth-order valence-corrected chi connectivity index (χ4v) is 1.67. The van der Waals surface area contributed by atoms with Gasteiger partial charge in [-0.15, -0.1) is 0 Å². The van der Waals surface area contributed by atoms with Gasteiger partial charge in [0.1, 0.15) is 5.70 Å². The highest BCUT2D eigenvalue weighted by atomic mass is 19.1. The van der Waals surface area contributed by atoms with Crippen molar-refractivity contribution in [3.63, 3.8) is 0 Å². The van der Waals surface area contributed by atoms with Gasteiger partial charge in [-0.25, -0.2) is 9.18 Å². The van der Waals surface area contributed by atoms with E-state index in [1.165, 1.54) is 12.3 Å². The quantitative estimate of drug-likeness (QED) is 0.586. The van der Waals surface area contributed by atoms with E-state index in [0.717, 1.165) is 0 Å². The van der Waals surface area contributed by atoms with Crippen molar-refractivity contribution >= 4 is 12.2 Å². The molecule has 2 rings (SSSR count). The number of halogens is 1. The molecule has 2 aliphatic heterocycles. The first-order valence-electron chi connectivity index (χ1n) is 5.14. The lowest BCUT2D eigenvalue weighted by atomic mass is 10.1. The summed E-state index contributed by atoms with van der Waals surface area (Å²) < 4.78 is 13.5. The van der Waals surface area contributed by atoms with Crippen LogP contribution in [0.25, 0.3) is 0 Å². The van der Waals surface area contributed by atoms with Gasteiger partial charge in [-0.3, -0.25) is 4.99 Å². The minimum Gasteiger partial charge on any atom is -0.477 e. The summed E-state index contributed by atoms with van der Waals surface area (Å²) in [5, 5.41) is 14.6. The van der Waals surface area contributed by atoms with Gasteiger partial charge < -0.3 is 15.7 Å². The van der Waals surface area contributed by atoms with Crippen LogP contribution in [0.1, 0.15) is 6.92 Å². The highest BCUT2D eigenvalue weighted by Crippen LogP contribution is 2.20. The van der Waals surface area contributed by atoms with E-state index >= 15 is 0 Å². The number of carboxylic acid groups (broad SMARTS) is 1. The maximum atomic E-state index is 13.5. The molecule has 17 heavy (non-hydrogen) atoms. The molecular formula is C11H12FN3O2. The summed E-state index contributed by atoms with van der Waals surface area (Å²) in [6, 6.07) is 0. The van der Waals surface area contributed by atoms with Crippen LogP contribution in [0.4, 0.5) is 4.39 Å². The molecular weight excluding hydrogens is 225 g/mol. The van der Waals surface area contributed by atoms with E-state index in [1.807, 2.05) is 0 Å². The predicted molar refractivity (Wildman–Crippen MR) is 61.0 cm³/mol. The first kappa shape index (κ1) is 11.4. The van der Waals surface area contributed by atoms with Gasteiger partial charge >= 0.3 is 5.97 Å². The maximum Gasteiger partial charge on any atom is 0.352 e. The van der Waals surface area contributed by atoms with E-state index in [-0.39, 0.29) is 11.9 Å². The Balaban J connectivity index is 2.40. The number of nitrogens with one attached hydrogen (secondary N) is 2. The lowest BCUT2D eigenvalue weighted by molar-refractivity contribution is -0.133. The van der Waals surface area contributed by atoms with Crippen molar-refractivity contribution < 1.29 is 14.3 Å². The van der Waals surface area contributed by atoms with E-state index in [0.29, 0.717) is 11.3 Å². The average molecular weight is 237 g/mol. The molecule has 0 aliphatic carbocycles. The zero-order valence-electron chi connectivity index (χ0n) is 9.14. The minimum atomic E-state index is -1.46. The zero-order valence-corrected chi connectivity index (χ0v) is 9.14. The molecule has 3 N–H and O–H groups in total. The molecule has 0 amide bonds. The molecule has 0 bridgehead atoms. The molecule has 2 heterocycles. The van der Waals surface area contributed by atoms with E-state index in [4.69, 9.17) is 5.11 Å². The molecule has 0 radical (unpaired) electrons. The Labute approximate surface area is 97.4 Å². The number of aliphatic carboxylic acids is 1. The van der Waals surface area contributed by atoms with Crippen LogP contribution in [0, 0.1) is 0 Å². The van der Waals surface area contributed by atoms with Gasteiger partial charge in [0.25, 0.3) is 0 Å². The van der Waals surface area contributed by atoms with Crippen LogP contribution >= 0.6 is 0 Å². The Bertz CT molecular complexity index is 465. The Morgan fingerprint density at radius 2 is 2.29 bits per heavy atom. The molecule has 2 unspecified atom stereocenters. The predicted octanol–water partition coefficient (Wildman–Crippen LogP) is 0.684. The van der Waals surface area contributed by atoms with Gasteiger partial charge in [0.05, 0.1) is 6.17 Å². The highest BCUT2D eigenvalue weighted by molar-refractivity contribution is 5.87. The molecule has 0 aromatic carbocycles. The highest BCUT2D eigenvalue weighted by Gasteiger charge is 2.22. The summed E-state index contributed by atoms with van der Waals surface area (Å²) in [7, 11) is 0. The van der Waals surface area contributed by atoms with Crippen LogP contribution in [0.5, 0.6) is 0 Å². The van der Waals surface area contributed by atoms with Crippen LogP contribution in [0.2, 0.25) is 0 Å². The largest absolute Gasteiger partial charge is 0.477 e. The fourth-order valence-electron chi connectivity index (χ4n) is 1.67. The van der Waals surface area contributed by atoms with Crippen LogP contribution in [0.15, 0.2) is 40.2 Å². The molecule has 2 aliphatic rings. The Hall–Kier alpha value is -2.11. The average Bonchev–Trinajstić information content (AvgIpc) is 2.28. The van der Waals surface area contributed by atoms with Crippen LogP contribution < -0.4 is 10.6 Å². The lowest BCUT2D eigenvalue weighted by Gasteiger charge is -2.26. The number of rotatable bonds is 1. The van der Waals surface area contributed by atoms with Crippen molar-refractivity contribution in [1.29, 1.82) is 0 Å². The van der Waals surface area contributed by atoms with Crippen molar-refractivity contribution in [2.45, 2.75) is 19.4 Å².